The number of nitrogens with one attached hydrogen (secondary N) is 2. The first kappa shape index (κ1) is 21.4. The van der Waals surface area contributed by atoms with Crippen LogP contribution in [0.1, 0.15) is 24.3 Å². The van der Waals surface area contributed by atoms with Crippen LogP contribution in [0.2, 0.25) is 0 Å². The van der Waals surface area contributed by atoms with Crippen molar-refractivity contribution in [3.8, 4) is 0 Å². The van der Waals surface area contributed by atoms with Gasteiger partial charge in [0.1, 0.15) is 5.60 Å². The van der Waals surface area contributed by atoms with E-state index in [-0.39, 0.29) is 24.0 Å². The molecule has 0 fully saturated rings. The van der Waals surface area contributed by atoms with Crippen LogP contribution in [0.3, 0.4) is 0 Å². The van der Waals surface area contributed by atoms with E-state index in [0.717, 1.165) is 21.5 Å². The van der Waals surface area contributed by atoms with E-state index < -0.39 is 5.60 Å². The van der Waals surface area contributed by atoms with Crippen molar-refractivity contribution in [2.75, 3.05) is 13.1 Å². The maximum absolute atomic E-state index is 10.6. The summed E-state index contributed by atoms with van der Waals surface area (Å²) in [6.07, 6.45) is 0. The fourth-order valence-electron chi connectivity index (χ4n) is 2.08. The Kier molecular flexibility index (Phi) is 9.25. The summed E-state index contributed by atoms with van der Waals surface area (Å²) in [6.45, 7) is 5.58. The molecule has 7 heteroatoms. The Morgan fingerprint density at radius 2 is 2.08 bits per heavy atom. The first-order valence-corrected chi connectivity index (χ1v) is 9.21. The number of halogens is 2. The van der Waals surface area contributed by atoms with Crippen molar-refractivity contribution >= 4 is 57.2 Å². The van der Waals surface area contributed by atoms with E-state index in [2.05, 4.69) is 37.6 Å². The summed E-state index contributed by atoms with van der Waals surface area (Å²) in [4.78, 5) is 5.51. The van der Waals surface area contributed by atoms with Gasteiger partial charge in [-0.05, 0) is 43.0 Å². The second-order valence-electron chi connectivity index (χ2n) is 5.43. The number of nitrogens with zero attached hydrogens (tertiary/aromatic N) is 1. The maximum Gasteiger partial charge on any atom is 0.191 e. The zero-order valence-corrected chi connectivity index (χ0v) is 18.5. The van der Waals surface area contributed by atoms with Gasteiger partial charge in [0.15, 0.2) is 5.96 Å². The lowest BCUT2D eigenvalue weighted by atomic mass is 10.1. The third-order valence-electron chi connectivity index (χ3n) is 3.31. The van der Waals surface area contributed by atoms with Crippen molar-refractivity contribution in [3.05, 3.63) is 56.7 Å². The molecule has 0 aliphatic rings. The smallest absolute Gasteiger partial charge is 0.191 e. The van der Waals surface area contributed by atoms with Crippen molar-refractivity contribution in [2.24, 2.45) is 4.99 Å². The largest absolute Gasteiger partial charge is 0.383 e. The topological polar surface area (TPSA) is 56.7 Å². The molecule has 1 unspecified atom stereocenters. The normalized spacial score (nSPS) is 13.8. The molecule has 0 spiro atoms. The van der Waals surface area contributed by atoms with Crippen LogP contribution in [0, 0.1) is 0 Å². The van der Waals surface area contributed by atoms with Crippen LogP contribution in [0.25, 0.3) is 0 Å². The predicted octanol–water partition coefficient (Wildman–Crippen LogP) is 4.09. The molecule has 1 aromatic carbocycles. The molecule has 0 radical (unpaired) electrons. The molecule has 1 aromatic heterocycles. The summed E-state index contributed by atoms with van der Waals surface area (Å²) in [5, 5.41) is 19.0. The van der Waals surface area contributed by atoms with Gasteiger partial charge in [0, 0.05) is 15.9 Å². The lowest BCUT2D eigenvalue weighted by Crippen LogP contribution is -2.44. The van der Waals surface area contributed by atoms with Crippen LogP contribution < -0.4 is 10.6 Å². The van der Waals surface area contributed by atoms with Gasteiger partial charge >= 0.3 is 0 Å². The average molecular weight is 524 g/mol. The van der Waals surface area contributed by atoms with E-state index in [9.17, 15) is 5.11 Å². The first-order valence-electron chi connectivity index (χ1n) is 7.54. The maximum atomic E-state index is 10.6. The highest BCUT2D eigenvalue weighted by atomic mass is 127. The Morgan fingerprint density at radius 1 is 1.29 bits per heavy atom. The van der Waals surface area contributed by atoms with Crippen LogP contribution in [0.5, 0.6) is 0 Å². The van der Waals surface area contributed by atoms with E-state index >= 15 is 0 Å². The number of hydrogen-bond acceptors (Lipinski definition) is 3. The Bertz CT molecular complexity index is 647. The average Bonchev–Trinajstić information content (AvgIpc) is 3.05. The molecule has 1 atom stereocenters. The molecule has 2 rings (SSSR count). The van der Waals surface area contributed by atoms with Gasteiger partial charge in [-0.1, -0.05) is 34.1 Å². The monoisotopic (exact) mass is 523 g/mol. The summed E-state index contributed by atoms with van der Waals surface area (Å²) in [5.41, 5.74) is 0.210. The Labute approximate surface area is 172 Å². The zero-order chi connectivity index (χ0) is 16.7. The second-order valence-corrected chi connectivity index (χ2v) is 7.29. The third kappa shape index (κ3) is 6.70. The van der Waals surface area contributed by atoms with Gasteiger partial charge in [-0.15, -0.1) is 35.3 Å². The molecule has 4 nitrogen and oxygen atoms in total. The molecule has 0 bridgehead atoms. The molecule has 2 aromatic rings. The third-order valence-corrected chi connectivity index (χ3v) is 4.92. The van der Waals surface area contributed by atoms with Crippen LogP contribution in [-0.4, -0.2) is 24.2 Å². The first-order chi connectivity index (χ1) is 11.0. The summed E-state index contributed by atoms with van der Waals surface area (Å²) in [5.74, 6) is 0.698. The summed E-state index contributed by atoms with van der Waals surface area (Å²) >= 11 is 5.02. The van der Waals surface area contributed by atoms with E-state index in [1.165, 1.54) is 0 Å². The van der Waals surface area contributed by atoms with E-state index in [4.69, 9.17) is 0 Å². The van der Waals surface area contributed by atoms with Crippen LogP contribution >= 0.6 is 51.2 Å². The van der Waals surface area contributed by atoms with Gasteiger partial charge < -0.3 is 15.7 Å². The van der Waals surface area contributed by atoms with Crippen LogP contribution in [-0.2, 0) is 12.1 Å². The van der Waals surface area contributed by atoms with Gasteiger partial charge in [-0.25, -0.2) is 4.99 Å². The van der Waals surface area contributed by atoms with Crippen LogP contribution in [0.4, 0.5) is 0 Å². The second kappa shape index (κ2) is 10.4. The van der Waals surface area contributed by atoms with E-state index in [0.29, 0.717) is 19.0 Å². The molecule has 24 heavy (non-hydrogen) atoms. The number of benzene rings is 1. The highest BCUT2D eigenvalue weighted by molar-refractivity contribution is 14.0. The molecule has 0 aliphatic carbocycles. The Hall–Kier alpha value is -0.640. The highest BCUT2D eigenvalue weighted by Crippen LogP contribution is 2.24. The summed E-state index contributed by atoms with van der Waals surface area (Å²) < 4.78 is 1.05. The molecule has 0 saturated heterocycles. The summed E-state index contributed by atoms with van der Waals surface area (Å²) in [7, 11) is 0. The molecular weight excluding hydrogens is 501 g/mol. The quantitative estimate of drug-likeness (QED) is 0.303. The molecule has 132 valence electrons. The van der Waals surface area contributed by atoms with Gasteiger partial charge in [0.25, 0.3) is 0 Å². The molecular formula is C17H23BrIN3OS. The fourth-order valence-corrected chi connectivity index (χ4v) is 3.31. The molecule has 3 N–H and O–H groups in total. The number of aliphatic imine (C=N–C) groups is 1. The standard InChI is InChI=1S/C17H22BrN3OS.HI/c1-3-19-16(20-11-13-6-4-7-14(18)10-13)21-12-17(2,22)15-8-5-9-23-15;/h4-10,22H,3,11-12H2,1-2H3,(H2,19,20,21);1H. The molecule has 0 amide bonds. The minimum Gasteiger partial charge on any atom is -0.383 e. The molecule has 0 saturated carbocycles. The van der Waals surface area contributed by atoms with Gasteiger partial charge in [-0.3, -0.25) is 0 Å². The van der Waals surface area contributed by atoms with Crippen molar-refractivity contribution in [3.63, 3.8) is 0 Å². The zero-order valence-electron chi connectivity index (χ0n) is 13.8. The number of hydrogen-bond donors (Lipinski definition) is 3. The molecule has 1 heterocycles. The van der Waals surface area contributed by atoms with Gasteiger partial charge in [0.2, 0.25) is 0 Å². The lowest BCUT2D eigenvalue weighted by Gasteiger charge is -2.23. The van der Waals surface area contributed by atoms with Gasteiger partial charge in [-0.2, -0.15) is 0 Å². The van der Waals surface area contributed by atoms with E-state index in [1.54, 1.807) is 11.3 Å². The van der Waals surface area contributed by atoms with Crippen LogP contribution in [0.15, 0.2) is 51.2 Å². The molecule has 0 aliphatic heterocycles. The lowest BCUT2D eigenvalue weighted by molar-refractivity contribution is 0.0655. The Morgan fingerprint density at radius 3 is 2.71 bits per heavy atom. The van der Waals surface area contributed by atoms with Crippen molar-refractivity contribution < 1.29 is 5.11 Å². The highest BCUT2D eigenvalue weighted by Gasteiger charge is 2.24. The predicted molar refractivity (Wildman–Crippen MR) is 116 cm³/mol. The number of guanidine groups is 1. The number of aliphatic hydroxyl groups is 1. The minimum absolute atomic E-state index is 0. The van der Waals surface area contributed by atoms with Gasteiger partial charge in [0.05, 0.1) is 13.1 Å². The fraction of sp³-hybridized carbons (Fsp3) is 0.353. The van der Waals surface area contributed by atoms with E-state index in [1.807, 2.05) is 49.6 Å². The van der Waals surface area contributed by atoms with Crippen molar-refractivity contribution in [1.82, 2.24) is 10.6 Å². The SMILES string of the molecule is CCNC(=NCc1cccc(Br)c1)NCC(C)(O)c1cccs1.I. The van der Waals surface area contributed by atoms with Crippen molar-refractivity contribution in [1.29, 1.82) is 0 Å². The minimum atomic E-state index is -0.917. The number of thiophene rings is 1. The summed E-state index contributed by atoms with van der Waals surface area (Å²) in [6, 6.07) is 12.0. The number of rotatable bonds is 6. The Balaban J connectivity index is 0.00000288. The van der Waals surface area contributed by atoms with Crippen molar-refractivity contribution in [2.45, 2.75) is 26.0 Å².